The van der Waals surface area contributed by atoms with E-state index in [2.05, 4.69) is 10.3 Å². The Labute approximate surface area is 55.1 Å². The Hall–Kier alpha value is -0.570. The fourth-order valence-electron chi connectivity index (χ4n) is 0.833. The molecule has 0 spiro atoms. The van der Waals surface area contributed by atoms with E-state index >= 15 is 0 Å². The van der Waals surface area contributed by atoms with Gasteiger partial charge in [0.25, 0.3) is 0 Å². The van der Waals surface area contributed by atoms with E-state index < -0.39 is 0 Å². The maximum absolute atomic E-state index is 4.98. The number of aliphatic imine (C=N–C) groups is 1. The summed E-state index contributed by atoms with van der Waals surface area (Å²) in [7, 11) is 1.67. The quantitative estimate of drug-likeness (QED) is 0.511. The average Bonchev–Trinajstić information content (AvgIpc) is 2.13. The molecule has 3 heteroatoms. The van der Waals surface area contributed by atoms with E-state index in [0.29, 0.717) is 6.67 Å². The first kappa shape index (κ1) is 6.55. The van der Waals surface area contributed by atoms with Gasteiger partial charge in [0.15, 0.2) is 5.90 Å². The molecule has 3 nitrogen and oxygen atoms in total. The molecule has 0 aliphatic carbocycles. The molecule has 52 valence electrons. The highest BCUT2D eigenvalue weighted by Crippen LogP contribution is 1.96. The van der Waals surface area contributed by atoms with Crippen molar-refractivity contribution in [1.82, 2.24) is 5.32 Å². The van der Waals surface area contributed by atoms with E-state index in [1.165, 1.54) is 0 Å². The third-order valence-electron chi connectivity index (χ3n) is 1.35. The van der Waals surface area contributed by atoms with Crippen LogP contribution < -0.4 is 5.32 Å². The van der Waals surface area contributed by atoms with E-state index in [4.69, 9.17) is 4.74 Å². The molecular weight excluding hydrogens is 116 g/mol. The molecule has 0 amide bonds. The van der Waals surface area contributed by atoms with Crippen LogP contribution in [0.15, 0.2) is 4.99 Å². The Morgan fingerprint density at radius 2 is 2.56 bits per heavy atom. The number of hydrogen-bond donors (Lipinski definition) is 1. The van der Waals surface area contributed by atoms with E-state index in [1.807, 2.05) is 0 Å². The molecule has 0 atom stereocenters. The Morgan fingerprint density at radius 3 is 3.33 bits per heavy atom. The topological polar surface area (TPSA) is 33.6 Å². The molecule has 0 saturated heterocycles. The zero-order chi connectivity index (χ0) is 6.53. The van der Waals surface area contributed by atoms with Gasteiger partial charge in [0.2, 0.25) is 0 Å². The predicted octanol–water partition coefficient (Wildman–Crippen LogP) is 0.372. The van der Waals surface area contributed by atoms with Crippen molar-refractivity contribution in [2.24, 2.45) is 4.99 Å². The number of nitrogens with zero attached hydrogens (tertiary/aromatic N) is 1. The fourth-order valence-corrected chi connectivity index (χ4v) is 0.833. The normalized spacial score (nSPS) is 20.3. The van der Waals surface area contributed by atoms with Gasteiger partial charge in [0.05, 0.1) is 13.8 Å². The van der Waals surface area contributed by atoms with Crippen molar-refractivity contribution in [3.63, 3.8) is 0 Å². The van der Waals surface area contributed by atoms with Gasteiger partial charge in [0, 0.05) is 6.42 Å². The number of rotatable bonds is 0. The maximum atomic E-state index is 4.98. The lowest BCUT2D eigenvalue weighted by Gasteiger charge is -1.98. The summed E-state index contributed by atoms with van der Waals surface area (Å²) in [6, 6.07) is 0. The van der Waals surface area contributed by atoms with Gasteiger partial charge in [-0.15, -0.1) is 0 Å². The summed E-state index contributed by atoms with van der Waals surface area (Å²) >= 11 is 0. The second kappa shape index (κ2) is 3.45. The molecule has 0 fully saturated rings. The van der Waals surface area contributed by atoms with Gasteiger partial charge in [-0.1, -0.05) is 0 Å². The third-order valence-corrected chi connectivity index (χ3v) is 1.35. The van der Waals surface area contributed by atoms with Crippen LogP contribution in [0.1, 0.15) is 12.8 Å². The Kier molecular flexibility index (Phi) is 2.51. The minimum atomic E-state index is 0.711. The van der Waals surface area contributed by atoms with Crippen LogP contribution in [0.3, 0.4) is 0 Å². The average molecular weight is 128 g/mol. The van der Waals surface area contributed by atoms with Gasteiger partial charge in [-0.3, -0.25) is 5.32 Å². The largest absolute Gasteiger partial charge is 0.484 e. The van der Waals surface area contributed by atoms with Gasteiger partial charge >= 0.3 is 0 Å². The minimum absolute atomic E-state index is 0.711. The molecule has 0 unspecified atom stereocenters. The summed E-state index contributed by atoms with van der Waals surface area (Å²) in [6.07, 6.45) is 2.11. The molecule has 0 bridgehead atoms. The van der Waals surface area contributed by atoms with Gasteiger partial charge in [-0.05, 0) is 13.0 Å². The molecule has 1 heterocycles. The highest BCUT2D eigenvalue weighted by atomic mass is 16.5. The van der Waals surface area contributed by atoms with Crippen LogP contribution in [0.25, 0.3) is 0 Å². The lowest BCUT2D eigenvalue weighted by molar-refractivity contribution is 0.389. The Balaban J connectivity index is 2.37. The zero-order valence-corrected chi connectivity index (χ0v) is 5.68. The molecule has 0 saturated carbocycles. The van der Waals surface area contributed by atoms with E-state index in [-0.39, 0.29) is 0 Å². The van der Waals surface area contributed by atoms with Crippen LogP contribution in [0.2, 0.25) is 0 Å². The van der Waals surface area contributed by atoms with Gasteiger partial charge in [0.1, 0.15) is 0 Å². The van der Waals surface area contributed by atoms with Crippen LogP contribution in [-0.4, -0.2) is 26.2 Å². The molecule has 0 aromatic carbocycles. The number of hydrogen-bond acceptors (Lipinski definition) is 3. The van der Waals surface area contributed by atoms with Crippen LogP contribution in [0.4, 0.5) is 0 Å². The first-order chi connectivity index (χ1) is 4.43. The van der Waals surface area contributed by atoms with Crippen LogP contribution in [-0.2, 0) is 4.74 Å². The Morgan fingerprint density at radius 1 is 1.67 bits per heavy atom. The molecule has 0 aromatic heterocycles. The van der Waals surface area contributed by atoms with Crippen molar-refractivity contribution in [2.75, 3.05) is 20.3 Å². The second-order valence-electron chi connectivity index (χ2n) is 2.02. The molecule has 1 aliphatic rings. The first-order valence-electron chi connectivity index (χ1n) is 3.21. The van der Waals surface area contributed by atoms with Crippen molar-refractivity contribution in [1.29, 1.82) is 0 Å². The zero-order valence-electron chi connectivity index (χ0n) is 5.68. The highest BCUT2D eigenvalue weighted by Gasteiger charge is 2.00. The van der Waals surface area contributed by atoms with Crippen LogP contribution in [0, 0.1) is 0 Å². The molecule has 1 rings (SSSR count). The summed E-state index contributed by atoms with van der Waals surface area (Å²) < 4.78 is 4.98. The van der Waals surface area contributed by atoms with Crippen LogP contribution >= 0.6 is 0 Å². The summed E-state index contributed by atoms with van der Waals surface area (Å²) in [6.45, 7) is 1.76. The fraction of sp³-hybridized carbons (Fsp3) is 0.833. The second-order valence-corrected chi connectivity index (χ2v) is 2.02. The summed E-state index contributed by atoms with van der Waals surface area (Å²) in [4.78, 5) is 4.12. The van der Waals surface area contributed by atoms with Crippen LogP contribution in [0.5, 0.6) is 0 Å². The lowest BCUT2D eigenvalue weighted by atomic mass is 10.3. The lowest BCUT2D eigenvalue weighted by Crippen LogP contribution is -2.12. The summed E-state index contributed by atoms with van der Waals surface area (Å²) in [5.41, 5.74) is 0. The van der Waals surface area contributed by atoms with E-state index in [9.17, 15) is 0 Å². The molecular formula is C6H12N2O. The van der Waals surface area contributed by atoms with Crippen molar-refractivity contribution in [3.8, 4) is 0 Å². The van der Waals surface area contributed by atoms with Crippen molar-refractivity contribution < 1.29 is 4.74 Å². The standard InChI is InChI=1S/C6H12N2O/c1-9-6-3-2-4-7-5-8-6/h7H,2-5H2,1H3. The number of ether oxygens (including phenoxy) is 1. The maximum Gasteiger partial charge on any atom is 0.184 e. The van der Waals surface area contributed by atoms with Gasteiger partial charge in [-0.2, -0.15) is 0 Å². The first-order valence-corrected chi connectivity index (χ1v) is 3.21. The number of methoxy groups -OCH3 is 1. The summed E-state index contributed by atoms with van der Waals surface area (Å²) in [5.74, 6) is 0.875. The monoisotopic (exact) mass is 128 g/mol. The minimum Gasteiger partial charge on any atom is -0.484 e. The van der Waals surface area contributed by atoms with Crippen molar-refractivity contribution in [3.05, 3.63) is 0 Å². The third kappa shape index (κ3) is 2.01. The highest BCUT2D eigenvalue weighted by molar-refractivity contribution is 5.75. The smallest absolute Gasteiger partial charge is 0.184 e. The SMILES string of the molecule is COC1=NCNCCC1. The Bertz CT molecular complexity index is 112. The molecule has 0 radical (unpaired) electrons. The van der Waals surface area contributed by atoms with Gasteiger partial charge < -0.3 is 4.74 Å². The predicted molar refractivity (Wildman–Crippen MR) is 36.5 cm³/mol. The molecule has 1 N–H and O–H groups in total. The summed E-state index contributed by atoms with van der Waals surface area (Å²) in [5, 5.41) is 3.14. The van der Waals surface area contributed by atoms with E-state index in [0.717, 1.165) is 25.3 Å². The van der Waals surface area contributed by atoms with E-state index in [1.54, 1.807) is 7.11 Å². The van der Waals surface area contributed by atoms with Crippen molar-refractivity contribution >= 4 is 5.90 Å². The molecule has 9 heavy (non-hydrogen) atoms. The molecule has 1 aliphatic heterocycles. The van der Waals surface area contributed by atoms with Crippen molar-refractivity contribution in [2.45, 2.75) is 12.8 Å². The molecule has 0 aromatic rings. The number of nitrogens with one attached hydrogen (secondary N) is 1. The van der Waals surface area contributed by atoms with Gasteiger partial charge in [-0.25, -0.2) is 4.99 Å².